The van der Waals surface area contributed by atoms with E-state index in [1.54, 1.807) is 33.3 Å². The van der Waals surface area contributed by atoms with Gasteiger partial charge >= 0.3 is 29.6 Å². The molecule has 0 aliphatic carbocycles. The summed E-state index contributed by atoms with van der Waals surface area (Å²) in [6.07, 6.45) is 0. The summed E-state index contributed by atoms with van der Waals surface area (Å²) in [6, 6.07) is 11.0. The van der Waals surface area contributed by atoms with E-state index in [1.807, 2.05) is 24.3 Å². The summed E-state index contributed by atoms with van der Waals surface area (Å²) in [5.74, 6) is 1.35. The predicted octanol–water partition coefficient (Wildman–Crippen LogP) is 3.11. The average molecular weight is 512 g/mol. The number of nitrogens with zero attached hydrogens (tertiary/aromatic N) is 2. The van der Waals surface area contributed by atoms with Gasteiger partial charge in [-0.25, -0.2) is 6.57 Å². The minimum atomic E-state index is 0. The molecule has 0 bridgehead atoms. The molecule has 5 nitrogen and oxygen atoms in total. The zero-order valence-electron chi connectivity index (χ0n) is 16.9. The molecule has 2 aromatic carbocycles. The summed E-state index contributed by atoms with van der Waals surface area (Å²) in [6.45, 7) is 13.7. The van der Waals surface area contributed by atoms with E-state index in [0.717, 1.165) is 22.2 Å². The second-order valence-corrected chi connectivity index (χ2v) is 6.08. The minimum Gasteiger partial charge on any atom is -0.512 e. The van der Waals surface area contributed by atoms with Crippen molar-refractivity contribution < 1.29 is 44.1 Å². The molecule has 0 spiro atoms. The first kappa shape index (κ1) is 32.7. The van der Waals surface area contributed by atoms with E-state index < -0.39 is 0 Å². The van der Waals surface area contributed by atoms with Crippen LogP contribution >= 0.6 is 39.1 Å². The number of benzene rings is 2. The van der Waals surface area contributed by atoms with E-state index in [1.165, 1.54) is 0 Å². The summed E-state index contributed by atoms with van der Waals surface area (Å²) in [5, 5.41) is 15.9. The maximum atomic E-state index is 7.57. The van der Waals surface area contributed by atoms with Crippen molar-refractivity contribution in [2.24, 2.45) is 0 Å². The molecule has 0 atom stereocenters. The van der Waals surface area contributed by atoms with Gasteiger partial charge < -0.3 is 31.3 Å². The first-order chi connectivity index (χ1) is 13.5. The molecule has 0 amide bonds. The number of alkyl halides is 1. The van der Waals surface area contributed by atoms with E-state index in [9.17, 15) is 0 Å². The van der Waals surface area contributed by atoms with Gasteiger partial charge in [0.25, 0.3) is 0 Å². The van der Waals surface area contributed by atoms with E-state index in [0.29, 0.717) is 22.3 Å². The van der Waals surface area contributed by atoms with Crippen molar-refractivity contribution in [2.45, 2.75) is 18.8 Å². The summed E-state index contributed by atoms with van der Waals surface area (Å²) in [7, 11) is 3.17. The van der Waals surface area contributed by atoms with Gasteiger partial charge in [-0.15, -0.1) is 0 Å². The Morgan fingerprint density at radius 2 is 1.38 bits per heavy atom. The predicted molar refractivity (Wildman–Crippen MR) is 117 cm³/mol. The third-order valence-corrected chi connectivity index (χ3v) is 4.12. The van der Waals surface area contributed by atoms with Gasteiger partial charge in [0.1, 0.15) is 11.5 Å². The number of hydrogen-bond donors (Lipinski definition) is 1. The Kier molecular flexibility index (Phi) is 24.5. The molecule has 9 heteroatoms. The fraction of sp³-hybridized carbons (Fsp3) is 0.300. The van der Waals surface area contributed by atoms with Crippen LogP contribution in [0.3, 0.4) is 0 Å². The molecule has 152 valence electrons. The molecule has 29 heavy (non-hydrogen) atoms. The standard InChI is InChI=1S/C9H8ClNO.C8H8BrClO.C2H6O.CN.Na/c1-11-6-7-3-4-8(10)9(5-7)12-2;1-11-8-4-6(5-9)2-3-7(8)10;1-2-3;1-2;/h3-5H,6H2,2H3;2-4H,5H2,1H3;3H,2H2,1H3;;/q;;;-1;+1. The van der Waals surface area contributed by atoms with Crippen molar-refractivity contribution in [3.63, 3.8) is 0 Å². The Labute approximate surface area is 213 Å². The van der Waals surface area contributed by atoms with E-state index in [4.69, 9.17) is 56.2 Å². The first-order valence-electron chi connectivity index (χ1n) is 7.84. The van der Waals surface area contributed by atoms with Gasteiger partial charge in [0.15, 0.2) is 0 Å². The summed E-state index contributed by atoms with van der Waals surface area (Å²) in [5.41, 5.74) is 2.08. The number of hydrogen-bond acceptors (Lipinski definition) is 4. The van der Waals surface area contributed by atoms with Crippen molar-refractivity contribution in [2.75, 3.05) is 20.8 Å². The summed E-state index contributed by atoms with van der Waals surface area (Å²) in [4.78, 5) is 3.26. The normalized spacial score (nSPS) is 8.14. The molecule has 2 rings (SSSR count). The molecule has 0 aromatic heterocycles. The van der Waals surface area contributed by atoms with Gasteiger partial charge in [-0.1, -0.05) is 45.2 Å². The molecule has 0 aliphatic rings. The number of aliphatic hydroxyl groups excluding tert-OH is 1. The second-order valence-electron chi connectivity index (χ2n) is 4.70. The second kappa shape index (κ2) is 21.7. The SMILES string of the molecule is CCO.COc1cc(CBr)ccc1Cl.[C-]#N.[C-]#[N+]Cc1ccc(Cl)c(OC)c1.[Na+]. The van der Waals surface area contributed by atoms with Gasteiger partial charge in [-0.2, -0.15) is 0 Å². The maximum Gasteiger partial charge on any atom is 1.00 e. The molecular formula is C20H22BrCl2N2NaO3. The summed E-state index contributed by atoms with van der Waals surface area (Å²) < 4.78 is 10.0. The fourth-order valence-electron chi connectivity index (χ4n) is 1.68. The molecule has 0 unspecified atom stereocenters. The molecular weight excluding hydrogens is 490 g/mol. The van der Waals surface area contributed by atoms with E-state index in [2.05, 4.69) is 20.8 Å². The third-order valence-electron chi connectivity index (χ3n) is 2.85. The fourth-order valence-corrected chi connectivity index (χ4v) is 2.42. The Morgan fingerprint density at radius 1 is 1.00 bits per heavy atom. The number of rotatable bonds is 4. The van der Waals surface area contributed by atoms with Crippen LogP contribution in [0.15, 0.2) is 36.4 Å². The largest absolute Gasteiger partial charge is 1.00 e. The maximum absolute atomic E-state index is 7.57. The van der Waals surface area contributed by atoms with Crippen molar-refractivity contribution in [3.05, 3.63) is 75.6 Å². The molecule has 2 aromatic rings. The topological polar surface area (TPSA) is 66.8 Å². The molecule has 0 radical (unpaired) electrons. The Hall–Kier alpha value is -0.960. The first-order valence-corrected chi connectivity index (χ1v) is 9.72. The van der Waals surface area contributed by atoms with Crippen molar-refractivity contribution >= 4 is 39.1 Å². The van der Waals surface area contributed by atoms with Gasteiger partial charge in [0.2, 0.25) is 6.54 Å². The van der Waals surface area contributed by atoms with Gasteiger partial charge in [0, 0.05) is 17.5 Å². The average Bonchev–Trinajstić information content (AvgIpc) is 2.72. The number of halogens is 3. The van der Waals surface area contributed by atoms with Crippen molar-refractivity contribution in [1.82, 2.24) is 0 Å². The monoisotopic (exact) mass is 510 g/mol. The molecule has 1 N–H and O–H groups in total. The van der Waals surface area contributed by atoms with Crippen molar-refractivity contribution in [1.29, 1.82) is 5.26 Å². The smallest absolute Gasteiger partial charge is 0.512 e. The van der Waals surface area contributed by atoms with Crippen LogP contribution in [0.25, 0.3) is 4.85 Å². The molecule has 0 saturated heterocycles. The number of methoxy groups -OCH3 is 2. The Bertz CT molecular complexity index is 756. The summed E-state index contributed by atoms with van der Waals surface area (Å²) >= 11 is 15.0. The van der Waals surface area contributed by atoms with Crippen LogP contribution in [-0.2, 0) is 11.9 Å². The molecule has 0 saturated carbocycles. The third kappa shape index (κ3) is 14.6. The van der Waals surface area contributed by atoms with Crippen LogP contribution in [0.5, 0.6) is 11.5 Å². The molecule has 0 aliphatic heterocycles. The quantitative estimate of drug-likeness (QED) is 0.389. The number of aliphatic hydroxyl groups is 1. The van der Waals surface area contributed by atoms with Gasteiger partial charge in [-0.3, -0.25) is 0 Å². The zero-order valence-corrected chi connectivity index (χ0v) is 22.0. The van der Waals surface area contributed by atoms with Crippen molar-refractivity contribution in [3.8, 4) is 11.5 Å². The van der Waals surface area contributed by atoms with Gasteiger partial charge in [0.05, 0.1) is 24.3 Å². The Morgan fingerprint density at radius 3 is 1.72 bits per heavy atom. The van der Waals surface area contributed by atoms with Gasteiger partial charge in [-0.05, 0) is 42.8 Å². The Balaban J connectivity index is -0.000000372. The van der Waals surface area contributed by atoms with Crippen LogP contribution in [0.2, 0.25) is 10.0 Å². The van der Waals surface area contributed by atoms with Crippen LogP contribution in [0, 0.1) is 18.4 Å². The minimum absolute atomic E-state index is 0. The molecule has 0 fully saturated rings. The van der Waals surface area contributed by atoms with E-state index >= 15 is 0 Å². The number of ether oxygens (including phenoxy) is 2. The zero-order chi connectivity index (χ0) is 21.9. The van der Waals surface area contributed by atoms with Crippen LogP contribution in [-0.4, -0.2) is 25.9 Å². The van der Waals surface area contributed by atoms with Crippen LogP contribution in [0.1, 0.15) is 18.1 Å². The van der Waals surface area contributed by atoms with E-state index in [-0.39, 0.29) is 36.2 Å². The van der Waals surface area contributed by atoms with Crippen LogP contribution in [0.4, 0.5) is 0 Å². The van der Waals surface area contributed by atoms with Crippen LogP contribution < -0.4 is 39.0 Å². The molecule has 0 heterocycles.